The van der Waals surface area contributed by atoms with Crippen LogP contribution in [0.5, 0.6) is 0 Å². The van der Waals surface area contributed by atoms with E-state index in [1.54, 1.807) is 0 Å². The molecule has 1 aliphatic heterocycles. The Morgan fingerprint density at radius 2 is 1.59 bits per heavy atom. The minimum Gasteiger partial charge on any atom is -0.224 e. The highest BCUT2D eigenvalue weighted by atomic mass is 15.1. The molecule has 2 aromatic carbocycles. The zero-order chi connectivity index (χ0) is 20.8. The maximum atomic E-state index is 4.95. The molecule has 0 fully saturated rings. The highest BCUT2D eigenvalue weighted by Crippen LogP contribution is 2.39. The Bertz CT molecular complexity index is 1060. The van der Waals surface area contributed by atoms with E-state index in [-0.39, 0.29) is 5.54 Å². The Hall–Kier alpha value is -2.48. The molecule has 0 bridgehead atoms. The topological polar surface area (TPSA) is 16.8 Å². The lowest BCUT2D eigenvalue weighted by Crippen LogP contribution is -2.60. The quantitative estimate of drug-likeness (QED) is 0.475. The van der Waals surface area contributed by atoms with Crippen molar-refractivity contribution in [3.05, 3.63) is 70.5 Å². The summed E-state index contributed by atoms with van der Waals surface area (Å²) in [5.74, 6) is 0. The molecular formula is C27H33N2+. The second kappa shape index (κ2) is 7.40. The fourth-order valence-electron chi connectivity index (χ4n) is 5.31. The standard InChI is InChI=1S/C27H33N2/c1-7-9-27(8-2)16-24-21(6)11-20(5)14-23(24)26-15-25(28-17-29(26)27)22-12-18(3)10-19(4)13-22/h10-15,17H,7-9,16H2,1-6H3/q+1. The first kappa shape index (κ1) is 19.8. The van der Waals surface area contributed by atoms with Crippen LogP contribution in [0.2, 0.25) is 0 Å². The van der Waals surface area contributed by atoms with E-state index in [0.29, 0.717) is 0 Å². The third-order valence-corrected chi connectivity index (χ3v) is 6.65. The summed E-state index contributed by atoms with van der Waals surface area (Å²) in [6.45, 7) is 13.4. The summed E-state index contributed by atoms with van der Waals surface area (Å²) in [4.78, 5) is 4.95. The molecular weight excluding hydrogens is 352 g/mol. The first-order valence-corrected chi connectivity index (χ1v) is 11.0. The van der Waals surface area contributed by atoms with E-state index in [2.05, 4.69) is 88.8 Å². The van der Waals surface area contributed by atoms with Crippen molar-refractivity contribution in [3.63, 3.8) is 0 Å². The maximum absolute atomic E-state index is 4.95. The van der Waals surface area contributed by atoms with Crippen LogP contribution in [0, 0.1) is 27.7 Å². The normalized spacial score (nSPS) is 17.7. The predicted molar refractivity (Wildman–Crippen MR) is 121 cm³/mol. The summed E-state index contributed by atoms with van der Waals surface area (Å²) < 4.78 is 2.49. The van der Waals surface area contributed by atoms with Gasteiger partial charge in [-0.15, -0.1) is 0 Å². The van der Waals surface area contributed by atoms with Gasteiger partial charge in [0.1, 0.15) is 11.2 Å². The van der Waals surface area contributed by atoms with Crippen LogP contribution in [-0.2, 0) is 12.0 Å². The van der Waals surface area contributed by atoms with Crippen LogP contribution >= 0.6 is 0 Å². The minimum atomic E-state index is 0.116. The van der Waals surface area contributed by atoms with Gasteiger partial charge >= 0.3 is 0 Å². The molecule has 0 saturated heterocycles. The zero-order valence-electron chi connectivity index (χ0n) is 18.8. The predicted octanol–water partition coefficient (Wildman–Crippen LogP) is 6.40. The Morgan fingerprint density at radius 1 is 0.897 bits per heavy atom. The SMILES string of the molecule is CCCC1(CC)Cc2c(C)cc(C)cc2-c2cc(-c3cc(C)cc(C)c3)nc[n+]21. The van der Waals surface area contributed by atoms with Gasteiger partial charge in [-0.2, -0.15) is 0 Å². The number of hydrogen-bond donors (Lipinski definition) is 0. The molecule has 1 unspecified atom stereocenters. The average molecular weight is 386 g/mol. The van der Waals surface area contributed by atoms with Gasteiger partial charge < -0.3 is 0 Å². The molecule has 0 N–H and O–H groups in total. The van der Waals surface area contributed by atoms with E-state index in [1.807, 2.05) is 0 Å². The summed E-state index contributed by atoms with van der Waals surface area (Å²) in [6, 6.07) is 13.7. The molecule has 0 amide bonds. The molecule has 2 heteroatoms. The molecule has 0 spiro atoms. The summed E-state index contributed by atoms with van der Waals surface area (Å²) in [6.07, 6.45) is 6.69. The fraction of sp³-hybridized carbons (Fsp3) is 0.407. The monoisotopic (exact) mass is 385 g/mol. The number of rotatable bonds is 4. The van der Waals surface area contributed by atoms with Crippen molar-refractivity contribution >= 4 is 0 Å². The van der Waals surface area contributed by atoms with Gasteiger partial charge in [-0.25, -0.2) is 4.57 Å². The fourth-order valence-corrected chi connectivity index (χ4v) is 5.31. The van der Waals surface area contributed by atoms with E-state index in [9.17, 15) is 0 Å². The molecule has 0 radical (unpaired) electrons. The zero-order valence-corrected chi connectivity index (χ0v) is 18.8. The van der Waals surface area contributed by atoms with Crippen LogP contribution in [0.25, 0.3) is 22.5 Å². The number of fused-ring (bicyclic) bond motifs is 3. The molecule has 150 valence electrons. The number of aromatic nitrogens is 2. The van der Waals surface area contributed by atoms with Crippen LogP contribution in [0.4, 0.5) is 0 Å². The largest absolute Gasteiger partial charge is 0.287 e. The van der Waals surface area contributed by atoms with Crippen LogP contribution in [0.15, 0.2) is 42.7 Å². The lowest BCUT2D eigenvalue weighted by atomic mass is 9.76. The summed E-state index contributed by atoms with van der Waals surface area (Å²) in [7, 11) is 0. The van der Waals surface area contributed by atoms with Gasteiger partial charge in [0.15, 0.2) is 5.69 Å². The highest BCUT2D eigenvalue weighted by Gasteiger charge is 2.42. The Morgan fingerprint density at radius 3 is 2.24 bits per heavy atom. The van der Waals surface area contributed by atoms with Crippen molar-refractivity contribution in [2.75, 3.05) is 0 Å². The molecule has 2 heterocycles. The van der Waals surface area contributed by atoms with Crippen molar-refractivity contribution in [1.82, 2.24) is 4.98 Å². The van der Waals surface area contributed by atoms with E-state index < -0.39 is 0 Å². The first-order chi connectivity index (χ1) is 13.9. The van der Waals surface area contributed by atoms with Gasteiger partial charge in [0.25, 0.3) is 6.33 Å². The van der Waals surface area contributed by atoms with Crippen LogP contribution < -0.4 is 4.57 Å². The lowest BCUT2D eigenvalue weighted by Gasteiger charge is -2.37. The van der Waals surface area contributed by atoms with Gasteiger partial charge in [0.2, 0.25) is 0 Å². The molecule has 0 saturated carbocycles. The third kappa shape index (κ3) is 3.39. The molecule has 2 nitrogen and oxygen atoms in total. The minimum absolute atomic E-state index is 0.116. The van der Waals surface area contributed by atoms with Crippen LogP contribution in [0.1, 0.15) is 60.9 Å². The molecule has 4 rings (SSSR count). The molecule has 1 aliphatic rings. The second-order valence-electron chi connectivity index (χ2n) is 9.02. The van der Waals surface area contributed by atoms with Gasteiger partial charge in [0, 0.05) is 23.6 Å². The van der Waals surface area contributed by atoms with Crippen molar-refractivity contribution in [2.24, 2.45) is 0 Å². The molecule has 0 aliphatic carbocycles. The van der Waals surface area contributed by atoms with Crippen LogP contribution in [-0.4, -0.2) is 4.98 Å². The van der Waals surface area contributed by atoms with Crippen molar-refractivity contribution < 1.29 is 4.57 Å². The van der Waals surface area contributed by atoms with Crippen LogP contribution in [0.3, 0.4) is 0 Å². The molecule has 3 aromatic rings. The summed E-state index contributed by atoms with van der Waals surface area (Å²) in [5, 5.41) is 0. The number of benzene rings is 2. The molecule has 1 atom stereocenters. The first-order valence-electron chi connectivity index (χ1n) is 11.0. The highest BCUT2D eigenvalue weighted by molar-refractivity contribution is 5.71. The molecule has 1 aromatic heterocycles. The smallest absolute Gasteiger partial charge is 0.224 e. The van der Waals surface area contributed by atoms with E-state index >= 15 is 0 Å². The molecule has 29 heavy (non-hydrogen) atoms. The Kier molecular flexibility index (Phi) is 5.06. The van der Waals surface area contributed by atoms with Crippen molar-refractivity contribution in [2.45, 2.75) is 72.8 Å². The number of nitrogens with zero attached hydrogens (tertiary/aromatic N) is 2. The van der Waals surface area contributed by atoms with E-state index in [4.69, 9.17) is 4.98 Å². The summed E-state index contributed by atoms with van der Waals surface area (Å²) in [5.41, 5.74) is 11.9. The average Bonchev–Trinajstić information content (AvgIpc) is 2.68. The Labute approximate surface area is 175 Å². The second-order valence-corrected chi connectivity index (χ2v) is 9.02. The third-order valence-electron chi connectivity index (χ3n) is 6.65. The summed E-state index contributed by atoms with van der Waals surface area (Å²) >= 11 is 0. The van der Waals surface area contributed by atoms with E-state index in [1.165, 1.54) is 57.5 Å². The van der Waals surface area contributed by atoms with Crippen molar-refractivity contribution in [3.8, 4) is 22.5 Å². The number of hydrogen-bond acceptors (Lipinski definition) is 1. The Balaban J connectivity index is 1.99. The van der Waals surface area contributed by atoms with E-state index in [0.717, 1.165) is 18.5 Å². The lowest BCUT2D eigenvalue weighted by molar-refractivity contribution is -0.761. The van der Waals surface area contributed by atoms with Gasteiger partial charge in [-0.05, 0) is 74.8 Å². The van der Waals surface area contributed by atoms with Crippen molar-refractivity contribution in [1.29, 1.82) is 0 Å². The number of aryl methyl sites for hydroxylation is 4. The van der Waals surface area contributed by atoms with Gasteiger partial charge in [-0.3, -0.25) is 0 Å². The maximum Gasteiger partial charge on any atom is 0.287 e. The van der Waals surface area contributed by atoms with Gasteiger partial charge in [-0.1, -0.05) is 49.1 Å². The van der Waals surface area contributed by atoms with Gasteiger partial charge in [0.05, 0.1) is 0 Å².